The van der Waals surface area contributed by atoms with E-state index in [4.69, 9.17) is 9.78 Å². The molecule has 0 spiro atoms. The van der Waals surface area contributed by atoms with Gasteiger partial charge in [0.15, 0.2) is 12.0 Å². The van der Waals surface area contributed by atoms with Crippen LogP contribution in [0.25, 0.3) is 11.3 Å². The molecule has 7 heteroatoms. The highest BCUT2D eigenvalue weighted by atomic mass is 32.2. The first kappa shape index (κ1) is 15.7. The first-order valence-corrected chi connectivity index (χ1v) is 8.47. The molecular formula is C16H19N5OS. The number of aromatic nitrogens is 1. The van der Waals surface area contributed by atoms with E-state index in [0.29, 0.717) is 0 Å². The van der Waals surface area contributed by atoms with E-state index in [1.807, 2.05) is 18.2 Å². The largest absolute Gasteiger partial charge is 0.356 e. The van der Waals surface area contributed by atoms with Crippen LogP contribution in [0.15, 0.2) is 41.1 Å². The minimum atomic E-state index is 0.805. The molecule has 0 unspecified atom stereocenters. The fourth-order valence-electron chi connectivity index (χ4n) is 2.49. The number of hydrogen-bond donors (Lipinski definition) is 1. The summed E-state index contributed by atoms with van der Waals surface area (Å²) in [6.45, 7) is 3.99. The Bertz CT molecular complexity index is 643. The van der Waals surface area contributed by atoms with Crippen molar-refractivity contribution < 1.29 is 4.52 Å². The molecule has 4 rings (SSSR count). The Balaban J connectivity index is 0.000000188. The lowest BCUT2D eigenvalue weighted by Crippen LogP contribution is -2.10. The van der Waals surface area contributed by atoms with Crippen molar-refractivity contribution in [3.05, 3.63) is 36.5 Å². The zero-order chi connectivity index (χ0) is 15.9. The number of nitrogens with zero attached hydrogens (tertiary/aromatic N) is 4. The van der Waals surface area contributed by atoms with Crippen LogP contribution in [0.2, 0.25) is 0 Å². The minimum absolute atomic E-state index is 0.805. The van der Waals surface area contributed by atoms with Crippen LogP contribution in [0.3, 0.4) is 0 Å². The highest BCUT2D eigenvalue weighted by molar-refractivity contribution is 7.99. The van der Waals surface area contributed by atoms with Gasteiger partial charge in [0.25, 0.3) is 0 Å². The molecule has 0 amide bonds. The van der Waals surface area contributed by atoms with Crippen LogP contribution in [0, 0.1) is 11.5 Å². The molecule has 2 saturated heterocycles. The molecule has 1 aromatic heterocycles. The van der Waals surface area contributed by atoms with Crippen molar-refractivity contribution in [1.82, 2.24) is 14.8 Å². The number of rotatable bonds is 2. The van der Waals surface area contributed by atoms with Crippen molar-refractivity contribution >= 4 is 17.8 Å². The zero-order valence-corrected chi connectivity index (χ0v) is 13.6. The maximum Gasteiger partial charge on any atom is 0.179 e. The summed E-state index contributed by atoms with van der Waals surface area (Å²) in [4.78, 5) is 1.79. The molecule has 0 bridgehead atoms. The minimum Gasteiger partial charge on any atom is -0.356 e. The third-order valence-electron chi connectivity index (χ3n) is 3.70. The average molecular weight is 329 g/mol. The Hall–Kier alpha value is -2.17. The summed E-state index contributed by atoms with van der Waals surface area (Å²) >= 11 is 1.64. The van der Waals surface area contributed by atoms with Gasteiger partial charge in [0, 0.05) is 55.6 Å². The van der Waals surface area contributed by atoms with Gasteiger partial charge in [0.1, 0.15) is 0 Å². The number of anilines is 1. The van der Waals surface area contributed by atoms with E-state index in [0.717, 1.165) is 37.5 Å². The topological polar surface area (TPSA) is 68.3 Å². The van der Waals surface area contributed by atoms with Crippen molar-refractivity contribution in [1.29, 1.82) is 5.26 Å². The molecule has 2 aliphatic rings. The molecule has 3 heterocycles. The summed E-state index contributed by atoms with van der Waals surface area (Å²) in [7, 11) is 0. The fraction of sp³-hybridized carbons (Fsp3) is 0.375. The molecule has 120 valence electrons. The molecule has 1 aromatic carbocycles. The van der Waals surface area contributed by atoms with Gasteiger partial charge in [-0.25, -0.2) is 4.72 Å². The third kappa shape index (κ3) is 4.18. The van der Waals surface area contributed by atoms with Gasteiger partial charge in [-0.05, 0) is 25.0 Å². The Labute approximate surface area is 140 Å². The van der Waals surface area contributed by atoms with E-state index in [-0.39, 0.29) is 0 Å². The second-order valence-corrected chi connectivity index (χ2v) is 6.22. The van der Waals surface area contributed by atoms with Crippen molar-refractivity contribution in [3.8, 4) is 17.5 Å². The monoisotopic (exact) mass is 329 g/mol. The van der Waals surface area contributed by atoms with Crippen LogP contribution in [-0.4, -0.2) is 36.2 Å². The van der Waals surface area contributed by atoms with Gasteiger partial charge in [0.2, 0.25) is 0 Å². The maximum absolute atomic E-state index is 8.24. The summed E-state index contributed by atoms with van der Waals surface area (Å²) in [5.41, 5.74) is 2.24. The van der Waals surface area contributed by atoms with E-state index >= 15 is 0 Å². The number of nitriles is 1. The molecule has 0 aliphatic carbocycles. The molecule has 23 heavy (non-hydrogen) atoms. The van der Waals surface area contributed by atoms with Crippen LogP contribution >= 0.6 is 12.1 Å². The lowest BCUT2D eigenvalue weighted by molar-refractivity contribution is 0.432. The molecule has 0 radical (unpaired) electrons. The van der Waals surface area contributed by atoms with E-state index in [1.165, 1.54) is 18.5 Å². The van der Waals surface area contributed by atoms with Gasteiger partial charge in [0.05, 0.1) is 6.20 Å². The molecule has 2 aromatic rings. The van der Waals surface area contributed by atoms with Crippen LogP contribution in [-0.2, 0) is 0 Å². The van der Waals surface area contributed by atoms with Gasteiger partial charge in [-0.3, -0.25) is 0 Å². The highest BCUT2D eigenvalue weighted by Crippen LogP contribution is 2.28. The predicted octanol–water partition coefficient (Wildman–Crippen LogP) is 2.88. The van der Waals surface area contributed by atoms with Crippen molar-refractivity contribution in [2.75, 3.05) is 30.5 Å². The van der Waals surface area contributed by atoms with Gasteiger partial charge >= 0.3 is 0 Å². The molecule has 2 aliphatic heterocycles. The lowest BCUT2D eigenvalue weighted by Gasteiger charge is -2.14. The second kappa shape index (κ2) is 7.90. The summed E-state index contributed by atoms with van der Waals surface area (Å²) in [5.74, 6) is 0.805. The summed E-state index contributed by atoms with van der Waals surface area (Å²) in [5, 5.41) is 12.0. The SMILES string of the molecule is N#CN1CCCC1.c1cc(-c2ccno2)cc(N2CCNS2)c1. The Morgan fingerprint density at radius 3 is 2.70 bits per heavy atom. The van der Waals surface area contributed by atoms with E-state index < -0.39 is 0 Å². The summed E-state index contributed by atoms with van der Waals surface area (Å²) < 4.78 is 10.6. The molecule has 2 fully saturated rings. The summed E-state index contributed by atoms with van der Waals surface area (Å²) in [6, 6.07) is 10.1. The van der Waals surface area contributed by atoms with Gasteiger partial charge in [-0.15, -0.1) is 0 Å². The van der Waals surface area contributed by atoms with Gasteiger partial charge in [-0.2, -0.15) is 5.26 Å². The Morgan fingerprint density at radius 2 is 2.09 bits per heavy atom. The number of benzene rings is 1. The molecular weight excluding hydrogens is 310 g/mol. The zero-order valence-electron chi connectivity index (χ0n) is 12.8. The van der Waals surface area contributed by atoms with E-state index in [1.54, 1.807) is 23.2 Å². The van der Waals surface area contributed by atoms with Crippen LogP contribution in [0.4, 0.5) is 5.69 Å². The van der Waals surface area contributed by atoms with Gasteiger partial charge in [-0.1, -0.05) is 17.3 Å². The van der Waals surface area contributed by atoms with Crippen LogP contribution < -0.4 is 9.03 Å². The van der Waals surface area contributed by atoms with E-state index in [2.05, 4.69) is 32.5 Å². The van der Waals surface area contributed by atoms with E-state index in [9.17, 15) is 0 Å². The first-order chi connectivity index (χ1) is 11.4. The van der Waals surface area contributed by atoms with Crippen LogP contribution in [0.5, 0.6) is 0 Å². The maximum atomic E-state index is 8.24. The van der Waals surface area contributed by atoms with Crippen molar-refractivity contribution in [3.63, 3.8) is 0 Å². The fourth-order valence-corrected chi connectivity index (χ4v) is 3.23. The third-order valence-corrected chi connectivity index (χ3v) is 4.64. The standard InChI is InChI=1S/C11H11N3OS.C5H8N2/c1-2-9(11-4-5-12-15-11)8-10(3-1)14-7-6-13-16-14;6-5-7-3-1-2-4-7/h1-5,8,13H,6-7H2;1-4H2. The highest BCUT2D eigenvalue weighted by Gasteiger charge is 2.14. The molecule has 1 N–H and O–H groups in total. The quantitative estimate of drug-likeness (QED) is 0.671. The first-order valence-electron chi connectivity index (χ1n) is 7.70. The lowest BCUT2D eigenvalue weighted by atomic mass is 10.1. The molecule has 0 atom stereocenters. The molecule has 0 saturated carbocycles. The predicted molar refractivity (Wildman–Crippen MR) is 91.3 cm³/mol. The van der Waals surface area contributed by atoms with Crippen molar-refractivity contribution in [2.45, 2.75) is 12.8 Å². The normalized spacial score (nSPS) is 16.8. The van der Waals surface area contributed by atoms with Gasteiger partial charge < -0.3 is 13.7 Å². The number of likely N-dealkylation sites (tertiary alicyclic amines) is 1. The van der Waals surface area contributed by atoms with Crippen molar-refractivity contribution in [2.24, 2.45) is 0 Å². The second-order valence-electron chi connectivity index (χ2n) is 5.31. The number of hydrogen-bond acceptors (Lipinski definition) is 7. The summed E-state index contributed by atoms with van der Waals surface area (Å²) in [6.07, 6.45) is 6.16. The molecule has 6 nitrogen and oxygen atoms in total. The smallest absolute Gasteiger partial charge is 0.179 e. The van der Waals surface area contributed by atoms with Crippen LogP contribution in [0.1, 0.15) is 12.8 Å². The Morgan fingerprint density at radius 1 is 1.22 bits per heavy atom. The number of nitrogens with one attached hydrogen (secondary N) is 1. The average Bonchev–Trinajstić information content (AvgIpc) is 3.39. The Kier molecular flexibility index (Phi) is 5.40.